The zero-order chi connectivity index (χ0) is 11.2. The molecule has 3 N–H and O–H groups in total. The summed E-state index contributed by atoms with van der Waals surface area (Å²) in [5, 5.41) is 16.2. The molecule has 2 heterocycles. The van der Waals surface area contributed by atoms with Gasteiger partial charge in [-0.3, -0.25) is 4.79 Å². The normalized spacial score (nSPS) is 17.6. The van der Waals surface area contributed by atoms with Crippen LogP contribution in [0, 0.1) is 0 Å². The molecule has 0 unspecified atom stereocenters. The van der Waals surface area contributed by atoms with Crippen LogP contribution >= 0.6 is 11.3 Å². The first-order chi connectivity index (χ1) is 6.92. The Morgan fingerprint density at radius 3 is 2.80 bits per heavy atom. The molecule has 0 aliphatic carbocycles. The molecule has 6 heteroatoms. The number of thiophene rings is 1. The quantitative estimate of drug-likeness (QED) is 0.679. The van der Waals surface area contributed by atoms with Crippen LogP contribution in [-0.4, -0.2) is 22.5 Å². The molecule has 1 amide bonds. The van der Waals surface area contributed by atoms with Crippen LogP contribution in [0.4, 0.5) is 11.4 Å². The maximum Gasteiger partial charge on any atom is 0.348 e. The van der Waals surface area contributed by atoms with E-state index in [-0.39, 0.29) is 10.8 Å². The van der Waals surface area contributed by atoms with E-state index in [1.54, 1.807) is 19.2 Å². The molecule has 0 aromatic carbocycles. The number of nitrogens with one attached hydrogen (secondary N) is 2. The molecule has 0 saturated carbocycles. The SMILES string of the molecule is CC1(C)Nc2c(csc2C(=O)O)NC1=O. The average molecular weight is 226 g/mol. The van der Waals surface area contributed by atoms with E-state index in [4.69, 9.17) is 5.11 Å². The highest BCUT2D eigenvalue weighted by atomic mass is 32.1. The van der Waals surface area contributed by atoms with Crippen LogP contribution in [0.3, 0.4) is 0 Å². The lowest BCUT2D eigenvalue weighted by molar-refractivity contribution is -0.119. The van der Waals surface area contributed by atoms with Crippen LogP contribution in [0.15, 0.2) is 5.38 Å². The first-order valence-electron chi connectivity index (χ1n) is 4.36. The van der Waals surface area contributed by atoms with Crippen molar-refractivity contribution in [2.24, 2.45) is 0 Å². The number of amides is 1. The third-order valence-corrected chi connectivity index (χ3v) is 3.21. The highest BCUT2D eigenvalue weighted by Gasteiger charge is 2.35. The fraction of sp³-hybridized carbons (Fsp3) is 0.333. The second-order valence-electron chi connectivity index (χ2n) is 3.86. The van der Waals surface area contributed by atoms with Gasteiger partial charge in [-0.1, -0.05) is 0 Å². The molecular formula is C9H10N2O3S. The number of carbonyl (C=O) groups is 2. The van der Waals surface area contributed by atoms with E-state index in [1.165, 1.54) is 0 Å². The van der Waals surface area contributed by atoms with E-state index < -0.39 is 11.5 Å². The molecule has 0 saturated heterocycles. The minimum absolute atomic E-state index is 0.162. The molecule has 0 radical (unpaired) electrons. The topological polar surface area (TPSA) is 78.4 Å². The second-order valence-corrected chi connectivity index (χ2v) is 4.74. The third kappa shape index (κ3) is 1.46. The van der Waals surface area contributed by atoms with Crippen molar-refractivity contribution in [2.75, 3.05) is 10.6 Å². The Kier molecular flexibility index (Phi) is 1.97. The van der Waals surface area contributed by atoms with E-state index in [0.717, 1.165) is 11.3 Å². The second kappa shape index (κ2) is 2.96. The van der Waals surface area contributed by atoms with Crippen molar-refractivity contribution < 1.29 is 14.7 Å². The van der Waals surface area contributed by atoms with Gasteiger partial charge in [0, 0.05) is 5.38 Å². The van der Waals surface area contributed by atoms with Gasteiger partial charge in [-0.05, 0) is 13.8 Å². The van der Waals surface area contributed by atoms with Crippen molar-refractivity contribution in [3.8, 4) is 0 Å². The van der Waals surface area contributed by atoms with Crippen molar-refractivity contribution in [2.45, 2.75) is 19.4 Å². The van der Waals surface area contributed by atoms with Gasteiger partial charge in [0.2, 0.25) is 5.91 Å². The molecule has 1 aliphatic rings. The van der Waals surface area contributed by atoms with Crippen LogP contribution in [0.5, 0.6) is 0 Å². The van der Waals surface area contributed by atoms with Gasteiger partial charge in [0.25, 0.3) is 0 Å². The van der Waals surface area contributed by atoms with Crippen molar-refractivity contribution in [1.29, 1.82) is 0 Å². The van der Waals surface area contributed by atoms with Crippen molar-refractivity contribution in [1.82, 2.24) is 0 Å². The molecule has 5 nitrogen and oxygen atoms in total. The van der Waals surface area contributed by atoms with E-state index in [0.29, 0.717) is 11.4 Å². The minimum atomic E-state index is -0.985. The fourth-order valence-electron chi connectivity index (χ4n) is 1.38. The highest BCUT2D eigenvalue weighted by Crippen LogP contribution is 2.38. The van der Waals surface area contributed by atoms with Gasteiger partial charge in [-0.25, -0.2) is 4.79 Å². The van der Waals surface area contributed by atoms with Gasteiger partial charge in [0.1, 0.15) is 10.4 Å². The Hall–Kier alpha value is -1.56. The van der Waals surface area contributed by atoms with Gasteiger partial charge < -0.3 is 15.7 Å². The molecule has 0 bridgehead atoms. The number of carbonyl (C=O) groups excluding carboxylic acids is 1. The molecule has 0 fully saturated rings. The van der Waals surface area contributed by atoms with E-state index in [2.05, 4.69) is 10.6 Å². The predicted octanol–water partition coefficient (Wildman–Crippen LogP) is 1.59. The zero-order valence-corrected chi connectivity index (χ0v) is 9.07. The first kappa shape index (κ1) is 9.97. The number of carboxylic acids is 1. The van der Waals surface area contributed by atoms with Crippen LogP contribution < -0.4 is 10.6 Å². The summed E-state index contributed by atoms with van der Waals surface area (Å²) in [6.45, 7) is 3.41. The fourth-order valence-corrected chi connectivity index (χ4v) is 2.17. The lowest BCUT2D eigenvalue weighted by Crippen LogP contribution is -2.47. The van der Waals surface area contributed by atoms with Crippen LogP contribution in [0.25, 0.3) is 0 Å². The summed E-state index contributed by atoms with van der Waals surface area (Å²) in [6, 6.07) is 0. The van der Waals surface area contributed by atoms with Gasteiger partial charge in [-0.2, -0.15) is 0 Å². The Morgan fingerprint density at radius 2 is 2.20 bits per heavy atom. The standard InChI is InChI=1S/C9H10N2O3S/c1-9(2)8(14)10-4-3-15-6(7(12)13)5(4)11-9/h3,11H,1-2H3,(H,10,14)(H,12,13). The summed E-state index contributed by atoms with van der Waals surface area (Å²) in [5.41, 5.74) is 0.261. The molecule has 0 spiro atoms. The van der Waals surface area contributed by atoms with E-state index in [1.807, 2.05) is 0 Å². The zero-order valence-electron chi connectivity index (χ0n) is 8.25. The van der Waals surface area contributed by atoms with Gasteiger partial charge >= 0.3 is 5.97 Å². The lowest BCUT2D eigenvalue weighted by atomic mass is 10.0. The lowest BCUT2D eigenvalue weighted by Gasteiger charge is -2.31. The third-order valence-electron chi connectivity index (χ3n) is 2.24. The van der Waals surface area contributed by atoms with Crippen LogP contribution in [0.2, 0.25) is 0 Å². The average Bonchev–Trinajstić information content (AvgIpc) is 2.47. The molecule has 80 valence electrons. The van der Waals surface area contributed by atoms with Gasteiger partial charge in [-0.15, -0.1) is 11.3 Å². The summed E-state index contributed by atoms with van der Waals surface area (Å²) in [7, 11) is 0. The molecule has 1 aliphatic heterocycles. The Morgan fingerprint density at radius 1 is 1.53 bits per heavy atom. The van der Waals surface area contributed by atoms with Gasteiger partial charge in [0.15, 0.2) is 0 Å². The maximum absolute atomic E-state index is 11.5. The predicted molar refractivity (Wildman–Crippen MR) is 57.6 cm³/mol. The summed E-state index contributed by atoms with van der Waals surface area (Å²) in [6.07, 6.45) is 0. The minimum Gasteiger partial charge on any atom is -0.477 e. The highest BCUT2D eigenvalue weighted by molar-refractivity contribution is 7.13. The van der Waals surface area contributed by atoms with Crippen molar-refractivity contribution in [3.05, 3.63) is 10.3 Å². The summed E-state index contributed by atoms with van der Waals surface area (Å²) in [5.74, 6) is -1.15. The van der Waals surface area contributed by atoms with Crippen molar-refractivity contribution >= 4 is 34.6 Å². The summed E-state index contributed by atoms with van der Waals surface area (Å²) >= 11 is 1.10. The number of hydrogen-bond acceptors (Lipinski definition) is 4. The number of anilines is 2. The van der Waals surface area contributed by atoms with Gasteiger partial charge in [0.05, 0.1) is 11.4 Å². The molecule has 0 atom stereocenters. The number of carboxylic acid groups (broad SMARTS) is 1. The number of aromatic carboxylic acids is 1. The first-order valence-corrected chi connectivity index (χ1v) is 5.24. The van der Waals surface area contributed by atoms with E-state index >= 15 is 0 Å². The number of hydrogen-bond donors (Lipinski definition) is 3. The van der Waals surface area contributed by atoms with Crippen molar-refractivity contribution in [3.63, 3.8) is 0 Å². The number of fused-ring (bicyclic) bond motifs is 1. The Bertz CT molecular complexity index is 450. The molecule has 1 aromatic heterocycles. The molecule has 1 aromatic rings. The molecule has 15 heavy (non-hydrogen) atoms. The molecule has 2 rings (SSSR count). The Labute approximate surface area is 90.1 Å². The summed E-state index contributed by atoms with van der Waals surface area (Å²) < 4.78 is 0. The number of rotatable bonds is 1. The van der Waals surface area contributed by atoms with Crippen LogP contribution in [-0.2, 0) is 4.79 Å². The van der Waals surface area contributed by atoms with E-state index in [9.17, 15) is 9.59 Å². The largest absolute Gasteiger partial charge is 0.477 e. The summed E-state index contributed by atoms with van der Waals surface area (Å²) in [4.78, 5) is 22.6. The Balaban J connectivity index is 2.49. The molecular weight excluding hydrogens is 216 g/mol. The smallest absolute Gasteiger partial charge is 0.348 e. The maximum atomic E-state index is 11.5. The van der Waals surface area contributed by atoms with Crippen LogP contribution in [0.1, 0.15) is 23.5 Å². The monoisotopic (exact) mass is 226 g/mol.